The minimum Gasteiger partial charge on any atom is -0.315 e. The van der Waals surface area contributed by atoms with E-state index in [1.54, 1.807) is 0 Å². The van der Waals surface area contributed by atoms with Gasteiger partial charge in [0.25, 0.3) is 0 Å². The van der Waals surface area contributed by atoms with Crippen LogP contribution in [0.4, 0.5) is 0 Å². The second-order valence-corrected chi connectivity index (χ2v) is 6.70. The van der Waals surface area contributed by atoms with Crippen molar-refractivity contribution in [3.8, 4) is 0 Å². The fourth-order valence-electron chi connectivity index (χ4n) is 3.62. The molecule has 0 spiro atoms. The molecular formula is C17H26N2. The number of fused-ring (bicyclic) bond motifs is 1. The summed E-state index contributed by atoms with van der Waals surface area (Å²) in [5, 5.41) is 7.36. The van der Waals surface area contributed by atoms with Crippen LogP contribution in [-0.2, 0) is 13.0 Å². The van der Waals surface area contributed by atoms with E-state index in [0.717, 1.165) is 13.1 Å². The molecule has 0 radical (unpaired) electrons. The molecule has 1 aromatic carbocycles. The third-order valence-corrected chi connectivity index (χ3v) is 4.92. The highest BCUT2D eigenvalue weighted by Gasteiger charge is 2.28. The van der Waals surface area contributed by atoms with E-state index in [2.05, 4.69) is 41.8 Å². The van der Waals surface area contributed by atoms with Gasteiger partial charge in [0.2, 0.25) is 0 Å². The number of nitrogens with one attached hydrogen (secondary N) is 2. The van der Waals surface area contributed by atoms with Crippen LogP contribution in [0.3, 0.4) is 0 Å². The minimum absolute atomic E-state index is 0.562. The normalized spacial score (nSPS) is 25.2. The average Bonchev–Trinajstić information content (AvgIpc) is 2.86. The molecule has 1 aromatic rings. The Kier molecular flexibility index (Phi) is 3.90. The maximum Gasteiger partial charge on any atom is 0.0236 e. The molecule has 0 bridgehead atoms. The quantitative estimate of drug-likeness (QED) is 0.868. The third kappa shape index (κ3) is 3.18. The van der Waals surface area contributed by atoms with Crippen molar-refractivity contribution in [1.29, 1.82) is 0 Å². The van der Waals surface area contributed by atoms with Crippen LogP contribution in [0.25, 0.3) is 0 Å². The molecule has 1 aliphatic heterocycles. The molecule has 0 amide bonds. The molecule has 0 aromatic heterocycles. The molecule has 1 heterocycles. The molecule has 1 aliphatic carbocycles. The van der Waals surface area contributed by atoms with Crippen molar-refractivity contribution in [2.45, 2.75) is 51.6 Å². The molecule has 2 heteroatoms. The van der Waals surface area contributed by atoms with Crippen LogP contribution in [-0.4, -0.2) is 19.1 Å². The van der Waals surface area contributed by atoms with Gasteiger partial charge in [-0.3, -0.25) is 0 Å². The summed E-state index contributed by atoms with van der Waals surface area (Å²) < 4.78 is 0. The van der Waals surface area contributed by atoms with Gasteiger partial charge in [-0.05, 0) is 35.8 Å². The topological polar surface area (TPSA) is 24.1 Å². The number of rotatable bonds is 4. The monoisotopic (exact) mass is 258 g/mol. The van der Waals surface area contributed by atoms with E-state index >= 15 is 0 Å². The van der Waals surface area contributed by atoms with E-state index in [1.807, 2.05) is 0 Å². The van der Waals surface area contributed by atoms with Crippen LogP contribution >= 0.6 is 0 Å². The lowest BCUT2D eigenvalue weighted by atomic mass is 9.88. The first-order valence-corrected chi connectivity index (χ1v) is 7.76. The van der Waals surface area contributed by atoms with Crippen LogP contribution in [0, 0.1) is 5.41 Å². The standard InChI is InChI=1S/C17H26N2/c1-17(8-4-5-9-17)13-18-12-16-10-14-6-2-3-7-15(14)11-19-16/h2-3,6-7,16,18-19H,4-5,8-13H2,1H3. The Labute approximate surface area is 117 Å². The molecule has 1 saturated carbocycles. The van der Waals surface area contributed by atoms with Crippen molar-refractivity contribution in [3.63, 3.8) is 0 Å². The number of hydrogen-bond donors (Lipinski definition) is 2. The maximum absolute atomic E-state index is 3.71. The summed E-state index contributed by atoms with van der Waals surface area (Å²) in [5.74, 6) is 0. The van der Waals surface area contributed by atoms with Gasteiger partial charge < -0.3 is 10.6 Å². The van der Waals surface area contributed by atoms with E-state index in [1.165, 1.54) is 49.8 Å². The predicted molar refractivity (Wildman–Crippen MR) is 80.2 cm³/mol. The van der Waals surface area contributed by atoms with Crippen molar-refractivity contribution in [3.05, 3.63) is 35.4 Å². The molecule has 19 heavy (non-hydrogen) atoms. The van der Waals surface area contributed by atoms with Crippen LogP contribution < -0.4 is 10.6 Å². The molecule has 3 rings (SSSR count). The second-order valence-electron chi connectivity index (χ2n) is 6.70. The van der Waals surface area contributed by atoms with Gasteiger partial charge in [0.15, 0.2) is 0 Å². The van der Waals surface area contributed by atoms with Gasteiger partial charge in [0.05, 0.1) is 0 Å². The lowest BCUT2D eigenvalue weighted by molar-refractivity contribution is 0.304. The zero-order chi connectivity index (χ0) is 13.1. The molecular weight excluding hydrogens is 232 g/mol. The number of hydrogen-bond acceptors (Lipinski definition) is 2. The summed E-state index contributed by atoms with van der Waals surface area (Å²) in [7, 11) is 0. The summed E-state index contributed by atoms with van der Waals surface area (Å²) >= 11 is 0. The van der Waals surface area contributed by atoms with Crippen LogP contribution in [0.2, 0.25) is 0 Å². The van der Waals surface area contributed by atoms with Crippen molar-refractivity contribution in [2.75, 3.05) is 13.1 Å². The molecule has 0 saturated heterocycles. The second kappa shape index (κ2) is 5.64. The molecule has 2 nitrogen and oxygen atoms in total. The van der Waals surface area contributed by atoms with E-state index < -0.39 is 0 Å². The average molecular weight is 258 g/mol. The Morgan fingerprint density at radius 1 is 1.21 bits per heavy atom. The number of benzene rings is 1. The summed E-state index contributed by atoms with van der Waals surface area (Å²) in [6, 6.07) is 9.42. The largest absolute Gasteiger partial charge is 0.315 e. The van der Waals surface area contributed by atoms with E-state index in [9.17, 15) is 0 Å². The first-order chi connectivity index (χ1) is 9.25. The first kappa shape index (κ1) is 13.1. The predicted octanol–water partition coefficient (Wildman–Crippen LogP) is 2.87. The van der Waals surface area contributed by atoms with E-state index in [0.29, 0.717) is 11.5 Å². The zero-order valence-electron chi connectivity index (χ0n) is 12.0. The lowest BCUT2D eigenvalue weighted by Gasteiger charge is -2.29. The van der Waals surface area contributed by atoms with E-state index in [-0.39, 0.29) is 0 Å². The van der Waals surface area contributed by atoms with Gasteiger partial charge in [-0.15, -0.1) is 0 Å². The van der Waals surface area contributed by atoms with Gasteiger partial charge in [0.1, 0.15) is 0 Å². The van der Waals surface area contributed by atoms with Crippen molar-refractivity contribution >= 4 is 0 Å². The Hall–Kier alpha value is -0.860. The molecule has 1 fully saturated rings. The van der Waals surface area contributed by atoms with Gasteiger partial charge >= 0.3 is 0 Å². The SMILES string of the molecule is CC1(CNCC2Cc3ccccc3CN2)CCCC1. The van der Waals surface area contributed by atoms with Crippen molar-refractivity contribution < 1.29 is 0 Å². The summed E-state index contributed by atoms with van der Waals surface area (Å²) in [6.07, 6.45) is 6.82. The summed E-state index contributed by atoms with van der Waals surface area (Å²) in [6.45, 7) is 5.76. The van der Waals surface area contributed by atoms with Crippen molar-refractivity contribution in [2.24, 2.45) is 5.41 Å². The highest BCUT2D eigenvalue weighted by molar-refractivity contribution is 5.29. The van der Waals surface area contributed by atoms with Crippen LogP contribution in [0.5, 0.6) is 0 Å². The highest BCUT2D eigenvalue weighted by atomic mass is 15.0. The van der Waals surface area contributed by atoms with Gasteiger partial charge in [-0.25, -0.2) is 0 Å². The van der Waals surface area contributed by atoms with Gasteiger partial charge in [-0.2, -0.15) is 0 Å². The fourth-order valence-corrected chi connectivity index (χ4v) is 3.62. The van der Waals surface area contributed by atoms with Crippen LogP contribution in [0.1, 0.15) is 43.7 Å². The highest BCUT2D eigenvalue weighted by Crippen LogP contribution is 2.36. The molecule has 1 atom stereocenters. The van der Waals surface area contributed by atoms with Gasteiger partial charge in [0, 0.05) is 25.7 Å². The summed E-state index contributed by atoms with van der Waals surface area (Å²) in [4.78, 5) is 0. The Bertz CT molecular complexity index is 421. The minimum atomic E-state index is 0.562. The van der Waals surface area contributed by atoms with E-state index in [4.69, 9.17) is 0 Å². The Morgan fingerprint density at radius 3 is 2.74 bits per heavy atom. The maximum atomic E-state index is 3.71. The van der Waals surface area contributed by atoms with Crippen LogP contribution in [0.15, 0.2) is 24.3 Å². The van der Waals surface area contributed by atoms with Crippen molar-refractivity contribution in [1.82, 2.24) is 10.6 Å². The fraction of sp³-hybridized carbons (Fsp3) is 0.647. The Morgan fingerprint density at radius 2 is 1.95 bits per heavy atom. The molecule has 2 aliphatic rings. The summed E-state index contributed by atoms with van der Waals surface area (Å²) in [5.41, 5.74) is 3.56. The smallest absolute Gasteiger partial charge is 0.0236 e. The molecule has 2 N–H and O–H groups in total. The first-order valence-electron chi connectivity index (χ1n) is 7.76. The molecule has 104 valence electrons. The molecule has 1 unspecified atom stereocenters. The lowest BCUT2D eigenvalue weighted by Crippen LogP contribution is -2.44. The van der Waals surface area contributed by atoms with Gasteiger partial charge in [-0.1, -0.05) is 44.0 Å². The zero-order valence-corrected chi connectivity index (χ0v) is 12.0. The Balaban J connectivity index is 1.47. The third-order valence-electron chi connectivity index (χ3n) is 4.92.